The van der Waals surface area contributed by atoms with Gasteiger partial charge in [0.05, 0.1) is 12.8 Å². The number of hydrogen-bond donors (Lipinski definition) is 2. The van der Waals surface area contributed by atoms with Crippen molar-refractivity contribution in [1.82, 2.24) is 0 Å². The average Bonchev–Trinajstić information content (AvgIpc) is 2.79. The van der Waals surface area contributed by atoms with Crippen LogP contribution in [0.1, 0.15) is 161 Å². The molecule has 0 rings (SSSR count). The topological polar surface area (TPSA) is 74.6 Å². The lowest BCUT2D eigenvalue weighted by molar-refractivity contribution is -0.137. The van der Waals surface area contributed by atoms with E-state index in [0.29, 0.717) is 5.75 Å². The van der Waals surface area contributed by atoms with Crippen LogP contribution in [0.2, 0.25) is 0 Å². The Kier molecular flexibility index (Phi) is 26.3. The van der Waals surface area contributed by atoms with Gasteiger partial charge >= 0.3 is 11.9 Å². The Hall–Kier alpha value is -0.710. The molecule has 202 valence electrons. The van der Waals surface area contributed by atoms with Crippen LogP contribution in [0.15, 0.2) is 0 Å². The van der Waals surface area contributed by atoms with Crippen molar-refractivity contribution in [3.05, 3.63) is 0 Å². The summed E-state index contributed by atoms with van der Waals surface area (Å²) in [5.74, 6) is -1.08. The lowest BCUT2D eigenvalue weighted by Crippen LogP contribution is -2.11. The highest BCUT2D eigenvalue weighted by Crippen LogP contribution is 2.23. The molecule has 5 heteroatoms. The molecule has 0 amide bonds. The zero-order valence-corrected chi connectivity index (χ0v) is 23.2. The molecule has 0 aromatic carbocycles. The van der Waals surface area contributed by atoms with Crippen LogP contribution in [-0.4, -0.2) is 33.2 Å². The van der Waals surface area contributed by atoms with E-state index >= 15 is 0 Å². The zero-order chi connectivity index (χ0) is 25.1. The number of carboxylic acid groups (broad SMARTS) is 2. The lowest BCUT2D eigenvalue weighted by Gasteiger charge is -2.13. The summed E-state index contributed by atoms with van der Waals surface area (Å²) in [4.78, 5) is 21.6. The maximum Gasteiger partial charge on any atom is 0.304 e. The molecule has 0 fully saturated rings. The summed E-state index contributed by atoms with van der Waals surface area (Å²) in [7, 11) is 0. The molecule has 0 heterocycles. The van der Waals surface area contributed by atoms with Gasteiger partial charge in [0.15, 0.2) is 0 Å². The molecular weight excluding hydrogens is 444 g/mol. The van der Waals surface area contributed by atoms with Gasteiger partial charge in [0, 0.05) is 11.0 Å². The summed E-state index contributed by atoms with van der Waals surface area (Å²) in [6, 6.07) is 0. The monoisotopic (exact) mass is 500 g/mol. The van der Waals surface area contributed by atoms with Gasteiger partial charge < -0.3 is 10.2 Å². The van der Waals surface area contributed by atoms with Gasteiger partial charge in [-0.15, -0.1) is 0 Å². The van der Waals surface area contributed by atoms with Crippen molar-refractivity contribution < 1.29 is 19.8 Å². The summed E-state index contributed by atoms with van der Waals surface area (Å²) >= 11 is 1.51. The SMILES string of the molecule is CCCCCCCCCCCCCCCCCCCCCCCC(CC(=O)O)SCCC(=O)O. The fraction of sp³-hybridized carbons (Fsp3) is 0.931. The van der Waals surface area contributed by atoms with Crippen molar-refractivity contribution in [3.63, 3.8) is 0 Å². The highest BCUT2D eigenvalue weighted by molar-refractivity contribution is 7.99. The minimum Gasteiger partial charge on any atom is -0.481 e. The van der Waals surface area contributed by atoms with Crippen molar-refractivity contribution in [2.45, 2.75) is 166 Å². The van der Waals surface area contributed by atoms with Crippen LogP contribution in [0.4, 0.5) is 0 Å². The summed E-state index contributed by atoms with van der Waals surface area (Å²) in [5.41, 5.74) is 0. The van der Waals surface area contributed by atoms with Crippen LogP contribution in [-0.2, 0) is 9.59 Å². The molecule has 0 aliphatic heterocycles. The fourth-order valence-electron chi connectivity index (χ4n) is 4.56. The largest absolute Gasteiger partial charge is 0.481 e. The van der Waals surface area contributed by atoms with Crippen molar-refractivity contribution in [2.24, 2.45) is 0 Å². The highest BCUT2D eigenvalue weighted by atomic mass is 32.2. The summed E-state index contributed by atoms with van der Waals surface area (Å²) in [6.45, 7) is 2.28. The summed E-state index contributed by atoms with van der Waals surface area (Å²) in [6.07, 6.45) is 29.8. The first-order valence-electron chi connectivity index (χ1n) is 14.6. The van der Waals surface area contributed by atoms with E-state index in [1.807, 2.05) is 0 Å². The first kappa shape index (κ1) is 33.3. The molecule has 0 saturated carbocycles. The molecule has 0 aliphatic carbocycles. The number of carbonyl (C=O) groups is 2. The number of carboxylic acids is 2. The Morgan fingerprint density at radius 2 is 0.912 bits per heavy atom. The van der Waals surface area contributed by atoms with Crippen molar-refractivity contribution in [2.75, 3.05) is 5.75 Å². The first-order valence-corrected chi connectivity index (χ1v) is 15.7. The van der Waals surface area contributed by atoms with Crippen LogP contribution in [0.3, 0.4) is 0 Å². The van der Waals surface area contributed by atoms with Gasteiger partial charge in [0.1, 0.15) is 0 Å². The Labute approximate surface area is 215 Å². The molecule has 4 nitrogen and oxygen atoms in total. The molecule has 0 aliphatic rings. The Morgan fingerprint density at radius 1 is 0.559 bits per heavy atom. The van der Waals surface area contributed by atoms with E-state index in [0.717, 1.165) is 19.3 Å². The first-order chi connectivity index (χ1) is 16.6. The third-order valence-electron chi connectivity index (χ3n) is 6.70. The highest BCUT2D eigenvalue weighted by Gasteiger charge is 2.14. The van der Waals surface area contributed by atoms with Gasteiger partial charge in [0.2, 0.25) is 0 Å². The van der Waals surface area contributed by atoms with E-state index in [1.54, 1.807) is 0 Å². The van der Waals surface area contributed by atoms with Crippen LogP contribution in [0.5, 0.6) is 0 Å². The Balaban J connectivity index is 3.32. The molecule has 34 heavy (non-hydrogen) atoms. The molecular formula is C29H56O4S. The second kappa shape index (κ2) is 26.9. The lowest BCUT2D eigenvalue weighted by atomic mass is 10.0. The molecule has 0 spiro atoms. The predicted molar refractivity (Wildman–Crippen MR) is 148 cm³/mol. The second-order valence-electron chi connectivity index (χ2n) is 10.1. The number of thioether (sulfide) groups is 1. The van der Waals surface area contributed by atoms with E-state index in [-0.39, 0.29) is 18.1 Å². The minimum absolute atomic E-state index is 0.0529. The number of hydrogen-bond acceptors (Lipinski definition) is 3. The van der Waals surface area contributed by atoms with Crippen molar-refractivity contribution in [3.8, 4) is 0 Å². The van der Waals surface area contributed by atoms with Gasteiger partial charge in [-0.2, -0.15) is 11.8 Å². The second-order valence-corrected chi connectivity index (χ2v) is 11.5. The van der Waals surface area contributed by atoms with E-state index < -0.39 is 11.9 Å². The standard InChI is InChI=1S/C29H56O4S/c1-2-3-4-5-6-7-8-9-10-11-12-13-14-15-16-17-18-19-20-21-22-23-27(26-29(32)33)34-25-24-28(30)31/h27H,2-26H2,1H3,(H,30,31)(H,32,33). The van der Waals surface area contributed by atoms with Gasteiger partial charge in [-0.1, -0.05) is 142 Å². The number of unbranched alkanes of at least 4 members (excludes halogenated alkanes) is 20. The molecule has 1 unspecified atom stereocenters. The van der Waals surface area contributed by atoms with E-state index in [2.05, 4.69) is 6.92 Å². The fourth-order valence-corrected chi connectivity index (χ4v) is 5.78. The average molecular weight is 501 g/mol. The Bertz CT molecular complexity index is 455. The molecule has 0 aromatic rings. The van der Waals surface area contributed by atoms with Crippen LogP contribution < -0.4 is 0 Å². The molecule has 0 saturated heterocycles. The van der Waals surface area contributed by atoms with Gasteiger partial charge in [-0.05, 0) is 6.42 Å². The normalized spacial score (nSPS) is 12.1. The zero-order valence-electron chi connectivity index (χ0n) is 22.4. The van der Waals surface area contributed by atoms with Crippen LogP contribution in [0, 0.1) is 0 Å². The quantitative estimate of drug-likeness (QED) is 0.105. The molecule has 0 bridgehead atoms. The third-order valence-corrected chi connectivity index (χ3v) is 8.02. The van der Waals surface area contributed by atoms with E-state index in [4.69, 9.17) is 10.2 Å². The third kappa shape index (κ3) is 27.5. The van der Waals surface area contributed by atoms with Crippen molar-refractivity contribution in [1.29, 1.82) is 0 Å². The van der Waals surface area contributed by atoms with Gasteiger partial charge in [-0.25, -0.2) is 0 Å². The van der Waals surface area contributed by atoms with E-state index in [1.165, 1.54) is 134 Å². The predicted octanol–water partition coefficient (Wildman–Crippen LogP) is 9.64. The maximum atomic E-state index is 11.0. The maximum absolute atomic E-state index is 11.0. The Morgan fingerprint density at radius 3 is 1.24 bits per heavy atom. The van der Waals surface area contributed by atoms with Gasteiger partial charge in [0.25, 0.3) is 0 Å². The number of rotatable bonds is 28. The number of aliphatic carboxylic acids is 2. The smallest absolute Gasteiger partial charge is 0.304 e. The minimum atomic E-state index is -0.810. The van der Waals surface area contributed by atoms with Crippen LogP contribution in [0.25, 0.3) is 0 Å². The van der Waals surface area contributed by atoms with Crippen molar-refractivity contribution >= 4 is 23.7 Å². The molecule has 0 aromatic heterocycles. The summed E-state index contributed by atoms with van der Waals surface area (Å²) < 4.78 is 0. The molecule has 0 radical (unpaired) electrons. The van der Waals surface area contributed by atoms with E-state index in [9.17, 15) is 9.59 Å². The molecule has 1 atom stereocenters. The summed E-state index contributed by atoms with van der Waals surface area (Å²) in [5, 5.41) is 17.8. The van der Waals surface area contributed by atoms with Gasteiger partial charge in [-0.3, -0.25) is 9.59 Å². The molecule has 2 N–H and O–H groups in total. The van der Waals surface area contributed by atoms with Crippen LogP contribution >= 0.6 is 11.8 Å².